The van der Waals surface area contributed by atoms with Gasteiger partial charge in [0.2, 0.25) is 0 Å². The Kier molecular flexibility index (Phi) is 4.47. The van der Waals surface area contributed by atoms with Crippen LogP contribution in [0.2, 0.25) is 5.02 Å². The first-order valence-corrected chi connectivity index (χ1v) is 10.2. The molecule has 1 saturated carbocycles. The molecule has 2 aliphatic rings. The molecule has 1 aliphatic heterocycles. The smallest absolute Gasteiger partial charge is 0.254 e. The number of nitrogens with zero attached hydrogens (tertiary/aromatic N) is 3. The van der Waals surface area contributed by atoms with Gasteiger partial charge in [-0.25, -0.2) is 9.97 Å². The van der Waals surface area contributed by atoms with E-state index in [1.54, 1.807) is 36.4 Å². The Labute approximate surface area is 174 Å². The number of rotatable bonds is 3. The van der Waals surface area contributed by atoms with Gasteiger partial charge in [0.05, 0.1) is 11.4 Å². The zero-order valence-electron chi connectivity index (χ0n) is 15.8. The second kappa shape index (κ2) is 7.16. The van der Waals surface area contributed by atoms with Gasteiger partial charge in [-0.15, -0.1) is 0 Å². The number of hydrogen-bond acceptors (Lipinski definition) is 4. The number of amides is 1. The topological polar surface area (TPSA) is 66.3 Å². The van der Waals surface area contributed by atoms with Crippen LogP contribution in [0.5, 0.6) is 5.75 Å². The second-order valence-electron chi connectivity index (χ2n) is 7.66. The Balaban J connectivity index is 1.53. The van der Waals surface area contributed by atoms with Crippen LogP contribution in [0.15, 0.2) is 48.5 Å². The first-order chi connectivity index (χ1) is 14.1. The minimum Gasteiger partial charge on any atom is -0.508 e. The van der Waals surface area contributed by atoms with Crippen LogP contribution >= 0.6 is 11.6 Å². The van der Waals surface area contributed by atoms with Gasteiger partial charge >= 0.3 is 0 Å². The predicted molar refractivity (Wildman–Crippen MR) is 111 cm³/mol. The third kappa shape index (κ3) is 3.58. The molecule has 2 heterocycles. The first-order valence-electron chi connectivity index (χ1n) is 9.82. The SMILES string of the molecule is O=C(c1cccc(Cl)c1)N1CCc2nc(C3CC3)nc(-c3ccc(O)cc3)c2C1. The summed E-state index contributed by atoms with van der Waals surface area (Å²) >= 11 is 6.07. The monoisotopic (exact) mass is 405 g/mol. The van der Waals surface area contributed by atoms with Gasteiger partial charge in [-0.3, -0.25) is 4.79 Å². The van der Waals surface area contributed by atoms with Gasteiger partial charge in [0.1, 0.15) is 11.6 Å². The van der Waals surface area contributed by atoms with E-state index >= 15 is 0 Å². The number of phenolic OH excluding ortho intramolecular Hbond substituents is 1. The summed E-state index contributed by atoms with van der Waals surface area (Å²) in [5.41, 5.74) is 4.39. The molecule has 146 valence electrons. The molecule has 2 aromatic carbocycles. The van der Waals surface area contributed by atoms with Gasteiger partial charge in [0.25, 0.3) is 5.91 Å². The number of aromatic hydroxyl groups is 1. The molecule has 0 atom stereocenters. The lowest BCUT2D eigenvalue weighted by Crippen LogP contribution is -2.37. The van der Waals surface area contributed by atoms with Crippen LogP contribution in [-0.2, 0) is 13.0 Å². The molecule has 0 saturated heterocycles. The number of fused-ring (bicyclic) bond motifs is 1. The van der Waals surface area contributed by atoms with Crippen molar-refractivity contribution in [2.75, 3.05) is 6.54 Å². The molecule has 0 bridgehead atoms. The Morgan fingerprint density at radius 1 is 1.10 bits per heavy atom. The summed E-state index contributed by atoms with van der Waals surface area (Å²) in [4.78, 5) is 24.6. The van der Waals surface area contributed by atoms with Crippen LogP contribution < -0.4 is 0 Å². The van der Waals surface area contributed by atoms with E-state index < -0.39 is 0 Å². The Morgan fingerprint density at radius 3 is 2.62 bits per heavy atom. The molecular formula is C23H20ClN3O2. The van der Waals surface area contributed by atoms with Crippen molar-refractivity contribution in [3.63, 3.8) is 0 Å². The number of aromatic nitrogens is 2. The molecule has 0 spiro atoms. The average Bonchev–Trinajstić information content (AvgIpc) is 3.58. The standard InChI is InChI=1S/C23H20ClN3O2/c24-17-3-1-2-16(12-17)23(29)27-11-10-20-19(13-27)21(14-6-8-18(28)9-7-14)26-22(25-20)15-4-5-15/h1-3,6-9,12,15,28H,4-5,10-11,13H2. The molecule has 0 radical (unpaired) electrons. The second-order valence-corrected chi connectivity index (χ2v) is 8.10. The van der Waals surface area contributed by atoms with E-state index in [2.05, 4.69) is 0 Å². The first kappa shape index (κ1) is 18.1. The van der Waals surface area contributed by atoms with Gasteiger partial charge in [0.15, 0.2) is 0 Å². The molecule has 6 heteroatoms. The molecule has 29 heavy (non-hydrogen) atoms. The molecule has 1 aliphatic carbocycles. The average molecular weight is 406 g/mol. The van der Waals surface area contributed by atoms with Gasteiger partial charge in [-0.1, -0.05) is 17.7 Å². The number of hydrogen-bond donors (Lipinski definition) is 1. The highest BCUT2D eigenvalue weighted by Crippen LogP contribution is 2.40. The van der Waals surface area contributed by atoms with Crippen LogP contribution in [0.3, 0.4) is 0 Å². The Bertz CT molecular complexity index is 1090. The summed E-state index contributed by atoms with van der Waals surface area (Å²) in [6, 6.07) is 14.1. The van der Waals surface area contributed by atoms with Crippen LogP contribution in [0.4, 0.5) is 0 Å². The maximum absolute atomic E-state index is 13.0. The minimum atomic E-state index is -0.0407. The fourth-order valence-electron chi connectivity index (χ4n) is 3.79. The molecule has 1 aromatic heterocycles. The number of phenols is 1. The number of carbonyl (C=O) groups excluding carboxylic acids is 1. The lowest BCUT2D eigenvalue weighted by atomic mass is 9.98. The van der Waals surface area contributed by atoms with Crippen molar-refractivity contribution in [1.82, 2.24) is 14.9 Å². The van der Waals surface area contributed by atoms with Gasteiger partial charge < -0.3 is 10.0 Å². The molecule has 5 rings (SSSR count). The van der Waals surface area contributed by atoms with Crippen molar-refractivity contribution in [2.45, 2.75) is 31.7 Å². The zero-order chi connectivity index (χ0) is 20.0. The van der Waals surface area contributed by atoms with Crippen LogP contribution in [0.25, 0.3) is 11.3 Å². The lowest BCUT2D eigenvalue weighted by molar-refractivity contribution is 0.0733. The van der Waals surface area contributed by atoms with E-state index in [0.717, 1.165) is 41.2 Å². The summed E-state index contributed by atoms with van der Waals surface area (Å²) in [7, 11) is 0. The molecular weight excluding hydrogens is 386 g/mol. The number of halogens is 1. The molecule has 1 amide bonds. The summed E-state index contributed by atoms with van der Waals surface area (Å²) < 4.78 is 0. The van der Waals surface area contributed by atoms with Crippen molar-refractivity contribution >= 4 is 17.5 Å². The van der Waals surface area contributed by atoms with E-state index in [9.17, 15) is 9.90 Å². The maximum Gasteiger partial charge on any atom is 0.254 e. The predicted octanol–water partition coefficient (Wildman–Crippen LogP) is 4.58. The van der Waals surface area contributed by atoms with Crippen LogP contribution in [0.1, 0.15) is 46.2 Å². The number of carbonyl (C=O) groups is 1. The van der Waals surface area contributed by atoms with Gasteiger partial charge in [0, 0.05) is 47.1 Å². The molecule has 5 nitrogen and oxygen atoms in total. The van der Waals surface area contributed by atoms with Crippen LogP contribution in [-0.4, -0.2) is 32.4 Å². The third-order valence-corrected chi connectivity index (χ3v) is 5.75. The molecule has 3 aromatic rings. The van der Waals surface area contributed by atoms with Crippen LogP contribution in [0, 0.1) is 0 Å². The van der Waals surface area contributed by atoms with Crippen molar-refractivity contribution in [2.24, 2.45) is 0 Å². The Morgan fingerprint density at radius 2 is 1.90 bits per heavy atom. The summed E-state index contributed by atoms with van der Waals surface area (Å²) in [6.07, 6.45) is 2.97. The van der Waals surface area contributed by atoms with E-state index in [1.807, 2.05) is 17.0 Å². The fraction of sp³-hybridized carbons (Fsp3) is 0.261. The normalized spacial score (nSPS) is 15.8. The fourth-order valence-corrected chi connectivity index (χ4v) is 3.98. The summed E-state index contributed by atoms with van der Waals surface area (Å²) in [6.45, 7) is 1.08. The molecule has 0 unspecified atom stereocenters. The zero-order valence-corrected chi connectivity index (χ0v) is 16.6. The van der Waals surface area contributed by atoms with Gasteiger partial charge in [-0.05, 0) is 55.3 Å². The van der Waals surface area contributed by atoms with E-state index in [0.29, 0.717) is 36.0 Å². The van der Waals surface area contributed by atoms with E-state index in [1.165, 1.54) is 0 Å². The number of benzene rings is 2. The Hall–Kier alpha value is -2.92. The van der Waals surface area contributed by atoms with Gasteiger partial charge in [-0.2, -0.15) is 0 Å². The summed E-state index contributed by atoms with van der Waals surface area (Å²) in [5.74, 6) is 1.53. The van der Waals surface area contributed by atoms with Crippen molar-refractivity contribution in [3.8, 4) is 17.0 Å². The minimum absolute atomic E-state index is 0.0407. The lowest BCUT2D eigenvalue weighted by Gasteiger charge is -2.30. The van der Waals surface area contributed by atoms with Crippen molar-refractivity contribution < 1.29 is 9.90 Å². The highest BCUT2D eigenvalue weighted by Gasteiger charge is 2.31. The highest BCUT2D eigenvalue weighted by atomic mass is 35.5. The molecule has 1 N–H and O–H groups in total. The third-order valence-electron chi connectivity index (χ3n) is 5.52. The van der Waals surface area contributed by atoms with Crippen molar-refractivity contribution in [3.05, 3.63) is 76.2 Å². The largest absolute Gasteiger partial charge is 0.508 e. The van der Waals surface area contributed by atoms with Crippen molar-refractivity contribution in [1.29, 1.82) is 0 Å². The highest BCUT2D eigenvalue weighted by molar-refractivity contribution is 6.30. The van der Waals surface area contributed by atoms with E-state index in [-0.39, 0.29) is 11.7 Å². The summed E-state index contributed by atoms with van der Waals surface area (Å²) in [5, 5.41) is 10.2. The van der Waals surface area contributed by atoms with E-state index in [4.69, 9.17) is 21.6 Å². The molecule has 1 fully saturated rings. The maximum atomic E-state index is 13.0. The quantitative estimate of drug-likeness (QED) is 0.692.